The number of carbonyl (C=O) groups is 2. The average Bonchev–Trinajstić information content (AvgIpc) is 3.19. The summed E-state index contributed by atoms with van der Waals surface area (Å²) in [6, 6.07) is -1.03. The lowest BCUT2D eigenvalue weighted by atomic mass is 9.68. The van der Waals surface area contributed by atoms with Gasteiger partial charge in [0, 0.05) is 31.2 Å². The molecule has 30 heavy (non-hydrogen) atoms. The summed E-state index contributed by atoms with van der Waals surface area (Å²) in [4.78, 5) is 28.0. The summed E-state index contributed by atoms with van der Waals surface area (Å²) in [5.41, 5.74) is 7.06. The van der Waals surface area contributed by atoms with Crippen molar-refractivity contribution in [2.75, 3.05) is 13.1 Å². The Morgan fingerprint density at radius 3 is 2.63 bits per heavy atom. The molecule has 0 radical (unpaired) electrons. The van der Waals surface area contributed by atoms with Crippen molar-refractivity contribution < 1.29 is 23.5 Å². The summed E-state index contributed by atoms with van der Waals surface area (Å²) in [6.07, 6.45) is 5.76. The number of aliphatic carboxylic acids is 1. The predicted octanol–water partition coefficient (Wildman–Crippen LogP) is 2.28. The fourth-order valence-corrected chi connectivity index (χ4v) is 5.78. The molecule has 5 aliphatic rings. The fraction of sp³-hybridized carbons (Fsp3) is 0.636. The SMILES string of the molecule is CC1=C(N2CCC(C3(N)CCC3)C2)C(F)=CC2C(=O)C(C(=O)O)=CN(C3CC3F)C12. The van der Waals surface area contributed by atoms with Gasteiger partial charge >= 0.3 is 5.97 Å². The van der Waals surface area contributed by atoms with Gasteiger partial charge in [0.25, 0.3) is 0 Å². The number of Topliss-reactive ketones (excluding diaryl/α,β-unsaturated/α-hetero) is 1. The van der Waals surface area contributed by atoms with Gasteiger partial charge in [-0.1, -0.05) is 0 Å². The molecule has 3 fully saturated rings. The lowest BCUT2D eigenvalue weighted by molar-refractivity contribution is -0.136. The number of nitrogens with zero attached hydrogens (tertiary/aromatic N) is 2. The number of carboxylic acids is 1. The van der Waals surface area contributed by atoms with Gasteiger partial charge in [-0.3, -0.25) is 4.79 Å². The van der Waals surface area contributed by atoms with Gasteiger partial charge < -0.3 is 20.6 Å². The van der Waals surface area contributed by atoms with Crippen LogP contribution >= 0.6 is 0 Å². The number of ketones is 1. The van der Waals surface area contributed by atoms with Gasteiger partial charge in [-0.15, -0.1) is 0 Å². The zero-order valence-electron chi connectivity index (χ0n) is 17.0. The van der Waals surface area contributed by atoms with E-state index in [0.29, 0.717) is 30.3 Å². The van der Waals surface area contributed by atoms with Crippen LogP contribution in [-0.2, 0) is 9.59 Å². The zero-order valence-corrected chi connectivity index (χ0v) is 17.0. The van der Waals surface area contributed by atoms with E-state index in [-0.39, 0.29) is 12.0 Å². The molecular weight excluding hydrogens is 392 g/mol. The van der Waals surface area contributed by atoms with E-state index in [9.17, 15) is 19.1 Å². The maximum Gasteiger partial charge on any atom is 0.340 e. The summed E-state index contributed by atoms with van der Waals surface area (Å²) in [7, 11) is 0. The van der Waals surface area contributed by atoms with Crippen molar-refractivity contribution in [2.45, 2.75) is 62.8 Å². The summed E-state index contributed by atoms with van der Waals surface area (Å²) in [5, 5.41) is 9.42. The van der Waals surface area contributed by atoms with Crippen molar-refractivity contribution in [1.29, 1.82) is 0 Å². The summed E-state index contributed by atoms with van der Waals surface area (Å²) < 4.78 is 29.2. The summed E-state index contributed by atoms with van der Waals surface area (Å²) >= 11 is 0. The molecule has 5 rings (SSSR count). The molecule has 162 valence electrons. The maximum absolute atomic E-state index is 15.3. The highest BCUT2D eigenvalue weighted by Crippen LogP contribution is 2.47. The highest BCUT2D eigenvalue weighted by Gasteiger charge is 2.52. The minimum absolute atomic E-state index is 0.165. The second-order valence-corrected chi connectivity index (χ2v) is 9.51. The fourth-order valence-electron chi connectivity index (χ4n) is 5.78. The third-order valence-electron chi connectivity index (χ3n) is 7.77. The van der Waals surface area contributed by atoms with Crippen LogP contribution < -0.4 is 5.73 Å². The molecule has 1 saturated heterocycles. The predicted molar refractivity (Wildman–Crippen MR) is 105 cm³/mol. The number of alkyl halides is 1. The molecular formula is C22H27F2N3O3. The topological polar surface area (TPSA) is 86.9 Å². The van der Waals surface area contributed by atoms with Crippen molar-refractivity contribution in [1.82, 2.24) is 9.80 Å². The van der Waals surface area contributed by atoms with Gasteiger partial charge in [0.2, 0.25) is 0 Å². The first-order valence-corrected chi connectivity index (χ1v) is 10.7. The molecule has 2 saturated carbocycles. The van der Waals surface area contributed by atoms with Crippen LogP contribution in [0.25, 0.3) is 0 Å². The molecule has 0 aromatic heterocycles. The highest BCUT2D eigenvalue weighted by atomic mass is 19.1. The van der Waals surface area contributed by atoms with Crippen LogP contribution in [-0.4, -0.2) is 63.5 Å². The van der Waals surface area contributed by atoms with E-state index in [1.807, 2.05) is 4.90 Å². The third-order valence-corrected chi connectivity index (χ3v) is 7.77. The highest BCUT2D eigenvalue weighted by molar-refractivity contribution is 6.18. The van der Waals surface area contributed by atoms with E-state index in [0.717, 1.165) is 25.7 Å². The Bertz CT molecular complexity index is 907. The van der Waals surface area contributed by atoms with Crippen molar-refractivity contribution >= 4 is 11.8 Å². The molecule has 0 aromatic rings. The van der Waals surface area contributed by atoms with Crippen LogP contribution in [0.15, 0.2) is 34.9 Å². The number of likely N-dealkylation sites (tertiary alicyclic amines) is 1. The van der Waals surface area contributed by atoms with Gasteiger partial charge in [0.1, 0.15) is 17.6 Å². The molecule has 3 N–H and O–H groups in total. The lowest BCUT2D eigenvalue weighted by Gasteiger charge is -2.44. The van der Waals surface area contributed by atoms with Crippen molar-refractivity contribution in [3.05, 3.63) is 34.9 Å². The van der Waals surface area contributed by atoms with E-state index >= 15 is 4.39 Å². The Morgan fingerprint density at radius 1 is 1.37 bits per heavy atom. The molecule has 0 spiro atoms. The quantitative estimate of drug-likeness (QED) is 0.680. The van der Waals surface area contributed by atoms with E-state index in [1.165, 1.54) is 12.3 Å². The Labute approximate surface area is 174 Å². The van der Waals surface area contributed by atoms with Crippen molar-refractivity contribution in [3.8, 4) is 0 Å². The molecule has 0 bridgehead atoms. The number of rotatable bonds is 4. The first-order chi connectivity index (χ1) is 14.2. The number of carbonyl (C=O) groups excluding carboxylic acids is 1. The van der Waals surface area contributed by atoms with Crippen LogP contribution in [0.4, 0.5) is 8.78 Å². The Kier molecular flexibility index (Phi) is 4.36. The number of fused-ring (bicyclic) bond motifs is 1. The first-order valence-electron chi connectivity index (χ1n) is 10.7. The minimum atomic E-state index is -1.36. The van der Waals surface area contributed by atoms with Gasteiger partial charge in [-0.05, 0) is 50.2 Å². The molecule has 3 aliphatic carbocycles. The van der Waals surface area contributed by atoms with Crippen molar-refractivity contribution in [2.24, 2.45) is 17.6 Å². The Hall–Kier alpha value is -2.22. The van der Waals surface area contributed by atoms with E-state index < -0.39 is 47.3 Å². The number of nitrogens with two attached hydrogens (primary N) is 1. The number of allylic oxidation sites excluding steroid dienone is 1. The number of hydrogen-bond donors (Lipinski definition) is 2. The summed E-state index contributed by atoms with van der Waals surface area (Å²) in [6.45, 7) is 3.14. The monoisotopic (exact) mass is 419 g/mol. The molecule has 5 atom stereocenters. The third kappa shape index (κ3) is 2.83. The average molecular weight is 419 g/mol. The van der Waals surface area contributed by atoms with Crippen molar-refractivity contribution in [3.63, 3.8) is 0 Å². The van der Waals surface area contributed by atoms with Gasteiger partial charge in [-0.25, -0.2) is 13.6 Å². The Morgan fingerprint density at radius 2 is 2.07 bits per heavy atom. The van der Waals surface area contributed by atoms with E-state index in [2.05, 4.69) is 0 Å². The smallest absolute Gasteiger partial charge is 0.340 e. The van der Waals surface area contributed by atoms with Crippen LogP contribution in [0, 0.1) is 11.8 Å². The minimum Gasteiger partial charge on any atom is -0.478 e. The number of hydrogen-bond acceptors (Lipinski definition) is 5. The van der Waals surface area contributed by atoms with Crippen LogP contribution in [0.1, 0.15) is 39.0 Å². The van der Waals surface area contributed by atoms with E-state index in [4.69, 9.17) is 5.73 Å². The standard InChI is InChI=1S/C22H27F2N3O3/c1-11-18-13(20(28)14(21(29)30)10-27(18)17-8-15(17)23)7-16(24)19(11)26-6-3-12(9-26)22(25)4-2-5-22/h7,10,12-13,15,17-18H,2-6,8-9,25H2,1H3,(H,29,30). The van der Waals surface area contributed by atoms with Gasteiger partial charge in [0.05, 0.1) is 23.7 Å². The Balaban J connectivity index is 1.49. The van der Waals surface area contributed by atoms with Gasteiger partial charge in [-0.2, -0.15) is 0 Å². The molecule has 2 heterocycles. The van der Waals surface area contributed by atoms with E-state index in [1.54, 1.807) is 11.8 Å². The second kappa shape index (κ2) is 6.64. The van der Waals surface area contributed by atoms with Crippen LogP contribution in [0.3, 0.4) is 0 Å². The normalized spacial score (nSPS) is 37.5. The first kappa shape index (κ1) is 19.7. The van der Waals surface area contributed by atoms with Crippen LogP contribution in [0.5, 0.6) is 0 Å². The van der Waals surface area contributed by atoms with Gasteiger partial charge in [0.15, 0.2) is 5.78 Å². The largest absolute Gasteiger partial charge is 0.478 e. The molecule has 6 nitrogen and oxygen atoms in total. The molecule has 0 aromatic carbocycles. The lowest BCUT2D eigenvalue weighted by Crippen LogP contribution is -2.53. The number of halogens is 2. The van der Waals surface area contributed by atoms with Crippen LogP contribution in [0.2, 0.25) is 0 Å². The summed E-state index contributed by atoms with van der Waals surface area (Å²) in [5.74, 6) is -3.14. The number of carboxylic acid groups (broad SMARTS) is 1. The second-order valence-electron chi connectivity index (χ2n) is 9.51. The molecule has 2 aliphatic heterocycles. The maximum atomic E-state index is 15.3. The molecule has 5 unspecified atom stereocenters. The molecule has 0 amide bonds. The zero-order chi connectivity index (χ0) is 21.4. The molecule has 8 heteroatoms.